The summed E-state index contributed by atoms with van der Waals surface area (Å²) in [5.41, 5.74) is 8.90. The fourth-order valence-corrected chi connectivity index (χ4v) is 5.11. The van der Waals surface area contributed by atoms with Crippen molar-refractivity contribution >= 4 is 45.4 Å². The molecule has 0 spiro atoms. The van der Waals surface area contributed by atoms with E-state index in [4.69, 9.17) is 9.47 Å². The topological polar surface area (TPSA) is 28.2 Å². The van der Waals surface area contributed by atoms with Crippen LogP contribution in [0.1, 0.15) is 22.6 Å². The largest absolute Gasteiger partial charge is 0.496 e. The van der Waals surface area contributed by atoms with Gasteiger partial charge in [0.15, 0.2) is 0 Å². The number of methoxy groups -OCH3 is 2. The summed E-state index contributed by atoms with van der Waals surface area (Å²) >= 11 is 0. The average Bonchev–Trinajstić information content (AvgIpc) is 2.91. The predicted molar refractivity (Wildman–Crippen MR) is 161 cm³/mol. The Morgan fingerprint density at radius 1 is 0.622 bits per heavy atom. The fourth-order valence-electron chi connectivity index (χ4n) is 5.11. The lowest BCUT2D eigenvalue weighted by Crippen LogP contribution is -2.25. The molecule has 0 radical (unpaired) electrons. The molecule has 0 aromatic heterocycles. The molecular formula is C31H34BrN3O2. The van der Waals surface area contributed by atoms with Crippen molar-refractivity contribution in [1.29, 1.82) is 0 Å². The van der Waals surface area contributed by atoms with Gasteiger partial charge in [0.25, 0.3) is 0 Å². The molecule has 4 aromatic carbocycles. The smallest absolute Gasteiger partial charge is 0.127 e. The number of anilines is 5. The lowest BCUT2D eigenvalue weighted by atomic mass is 9.78. The van der Waals surface area contributed by atoms with Gasteiger partial charge in [0.1, 0.15) is 11.5 Å². The standard InChI is InChI=1S/C31H33N3O2.BrH/c1-32(2)23-17-25-30(27(19-23)35-5)29(21-13-9-7-10-14-21)31-26(34(25)22-15-11-8-12-16-22)18-24(33(3)4)20-28(31)36-6;/h7-20,29H,1-6H3;1H. The summed E-state index contributed by atoms with van der Waals surface area (Å²) in [5, 5.41) is 0. The van der Waals surface area contributed by atoms with E-state index in [9.17, 15) is 0 Å². The highest BCUT2D eigenvalue weighted by molar-refractivity contribution is 8.93. The van der Waals surface area contributed by atoms with E-state index in [1.165, 1.54) is 5.56 Å². The minimum Gasteiger partial charge on any atom is -0.496 e. The average molecular weight is 561 g/mol. The van der Waals surface area contributed by atoms with E-state index in [1.807, 2.05) is 0 Å². The summed E-state index contributed by atoms with van der Waals surface area (Å²) in [6.45, 7) is 0. The molecule has 0 N–H and O–H groups in total. The molecule has 5 nitrogen and oxygen atoms in total. The molecule has 0 amide bonds. The second-order valence-corrected chi connectivity index (χ2v) is 9.47. The van der Waals surface area contributed by atoms with Crippen molar-refractivity contribution in [2.75, 3.05) is 57.1 Å². The molecule has 192 valence electrons. The molecule has 0 saturated heterocycles. The number of fused-ring (bicyclic) bond motifs is 2. The van der Waals surface area contributed by atoms with E-state index in [0.717, 1.165) is 51.1 Å². The Hall–Kier alpha value is -3.64. The highest BCUT2D eigenvalue weighted by Gasteiger charge is 2.38. The van der Waals surface area contributed by atoms with Gasteiger partial charge in [-0.05, 0) is 29.8 Å². The van der Waals surface area contributed by atoms with Gasteiger partial charge in [0.05, 0.1) is 25.6 Å². The molecule has 1 aliphatic rings. The van der Waals surface area contributed by atoms with Crippen LogP contribution in [0.25, 0.3) is 0 Å². The first-order valence-corrected chi connectivity index (χ1v) is 12.1. The van der Waals surface area contributed by atoms with E-state index in [0.29, 0.717) is 0 Å². The summed E-state index contributed by atoms with van der Waals surface area (Å²) < 4.78 is 12.2. The first-order chi connectivity index (χ1) is 17.4. The lowest BCUT2D eigenvalue weighted by molar-refractivity contribution is 0.402. The Morgan fingerprint density at radius 3 is 1.46 bits per heavy atom. The quantitative estimate of drug-likeness (QED) is 0.216. The van der Waals surface area contributed by atoms with Crippen LogP contribution in [0, 0.1) is 0 Å². The number of hydrogen-bond acceptors (Lipinski definition) is 5. The molecule has 0 bridgehead atoms. The van der Waals surface area contributed by atoms with Gasteiger partial charge in [-0.25, -0.2) is 0 Å². The second-order valence-electron chi connectivity index (χ2n) is 9.47. The number of halogens is 1. The third-order valence-corrected chi connectivity index (χ3v) is 6.89. The van der Waals surface area contributed by atoms with Crippen molar-refractivity contribution in [3.63, 3.8) is 0 Å². The summed E-state index contributed by atoms with van der Waals surface area (Å²) in [4.78, 5) is 6.58. The van der Waals surface area contributed by atoms with Crippen LogP contribution in [-0.2, 0) is 0 Å². The minimum absolute atomic E-state index is 0. The zero-order chi connectivity index (χ0) is 25.4. The molecule has 4 aromatic rings. The Morgan fingerprint density at radius 2 is 1.05 bits per heavy atom. The monoisotopic (exact) mass is 559 g/mol. The number of ether oxygens (including phenoxy) is 2. The molecule has 0 atom stereocenters. The minimum atomic E-state index is -0.0616. The molecule has 0 fully saturated rings. The van der Waals surface area contributed by atoms with Crippen LogP contribution in [-0.4, -0.2) is 42.4 Å². The third-order valence-electron chi connectivity index (χ3n) is 6.89. The second kappa shape index (κ2) is 10.8. The fraction of sp³-hybridized carbons (Fsp3) is 0.226. The third kappa shape index (κ3) is 4.62. The van der Waals surface area contributed by atoms with Crippen LogP contribution in [0.2, 0.25) is 0 Å². The van der Waals surface area contributed by atoms with Gasteiger partial charge in [0, 0.05) is 74.4 Å². The highest BCUT2D eigenvalue weighted by Crippen LogP contribution is 2.58. The van der Waals surface area contributed by atoms with Crippen molar-refractivity contribution in [2.45, 2.75) is 5.92 Å². The molecule has 5 rings (SSSR count). The molecular weight excluding hydrogens is 526 g/mol. The number of rotatable bonds is 6. The molecule has 0 saturated carbocycles. The van der Waals surface area contributed by atoms with Crippen molar-refractivity contribution in [1.82, 2.24) is 0 Å². The van der Waals surface area contributed by atoms with Crippen molar-refractivity contribution in [3.05, 3.63) is 102 Å². The molecule has 1 heterocycles. The normalized spacial score (nSPS) is 12.2. The number of para-hydroxylation sites is 1. The Labute approximate surface area is 230 Å². The number of nitrogens with zero attached hydrogens (tertiary/aromatic N) is 3. The van der Waals surface area contributed by atoms with Gasteiger partial charge in [-0.1, -0.05) is 48.5 Å². The van der Waals surface area contributed by atoms with Crippen LogP contribution in [0.4, 0.5) is 28.4 Å². The molecule has 1 aliphatic heterocycles. The van der Waals surface area contributed by atoms with Crippen LogP contribution in [0.3, 0.4) is 0 Å². The van der Waals surface area contributed by atoms with E-state index in [1.54, 1.807) is 14.2 Å². The van der Waals surface area contributed by atoms with Crippen LogP contribution < -0.4 is 24.2 Å². The van der Waals surface area contributed by atoms with Crippen LogP contribution in [0.5, 0.6) is 11.5 Å². The Kier molecular flexibility index (Phi) is 7.69. The molecule has 0 unspecified atom stereocenters. The summed E-state index contributed by atoms with van der Waals surface area (Å²) in [7, 11) is 11.8. The molecule has 37 heavy (non-hydrogen) atoms. The van der Waals surface area contributed by atoms with Crippen molar-refractivity contribution in [2.24, 2.45) is 0 Å². The maximum atomic E-state index is 6.09. The van der Waals surface area contributed by atoms with E-state index in [2.05, 4.69) is 128 Å². The predicted octanol–water partition coefficient (Wildman–Crippen LogP) is 7.38. The zero-order valence-electron chi connectivity index (χ0n) is 22.2. The van der Waals surface area contributed by atoms with Gasteiger partial charge in [0.2, 0.25) is 0 Å². The maximum Gasteiger partial charge on any atom is 0.127 e. The van der Waals surface area contributed by atoms with E-state index in [-0.39, 0.29) is 22.9 Å². The molecule has 6 heteroatoms. The van der Waals surface area contributed by atoms with E-state index >= 15 is 0 Å². The first-order valence-electron chi connectivity index (χ1n) is 12.1. The van der Waals surface area contributed by atoms with Gasteiger partial charge >= 0.3 is 0 Å². The highest BCUT2D eigenvalue weighted by atomic mass is 79.9. The number of hydrogen-bond donors (Lipinski definition) is 0. The zero-order valence-corrected chi connectivity index (χ0v) is 23.9. The Balaban J connectivity index is 0.00000320. The summed E-state index contributed by atoms with van der Waals surface area (Å²) in [6.07, 6.45) is 0. The number of benzene rings is 4. The summed E-state index contributed by atoms with van der Waals surface area (Å²) in [5.74, 6) is 1.65. The first kappa shape index (κ1) is 26.4. The van der Waals surface area contributed by atoms with Crippen molar-refractivity contribution < 1.29 is 9.47 Å². The molecule has 0 aliphatic carbocycles. The van der Waals surface area contributed by atoms with Crippen molar-refractivity contribution in [3.8, 4) is 11.5 Å². The van der Waals surface area contributed by atoms with Crippen LogP contribution >= 0.6 is 17.0 Å². The SMILES string of the molecule is Br.COc1cc(N(C)C)cc2c1C(c1ccccc1)c1c(OC)cc(N(C)C)cc1N2c1ccccc1. The van der Waals surface area contributed by atoms with Gasteiger partial charge in [-0.2, -0.15) is 0 Å². The lowest BCUT2D eigenvalue weighted by Gasteiger charge is -2.40. The maximum absolute atomic E-state index is 6.09. The Bertz CT molecular complexity index is 1310. The van der Waals surface area contributed by atoms with Crippen LogP contribution in [0.15, 0.2) is 84.9 Å². The van der Waals surface area contributed by atoms with Gasteiger partial charge in [-0.15, -0.1) is 17.0 Å². The van der Waals surface area contributed by atoms with Gasteiger partial charge in [-0.3, -0.25) is 0 Å². The summed E-state index contributed by atoms with van der Waals surface area (Å²) in [6, 6.07) is 29.9. The van der Waals surface area contributed by atoms with Gasteiger partial charge < -0.3 is 24.2 Å². The van der Waals surface area contributed by atoms with E-state index < -0.39 is 0 Å².